The van der Waals surface area contributed by atoms with Crippen molar-refractivity contribution in [2.75, 3.05) is 34.9 Å². The molecule has 3 aromatic rings. The van der Waals surface area contributed by atoms with Crippen molar-refractivity contribution >= 4 is 29.0 Å². The number of furan rings is 1. The highest BCUT2D eigenvalue weighted by atomic mass is 32.2. The van der Waals surface area contributed by atoms with Crippen LogP contribution in [0.4, 0.5) is 11.4 Å². The lowest BCUT2D eigenvalue weighted by molar-refractivity contribution is -0.113. The quantitative estimate of drug-likeness (QED) is 0.473. The number of aromatic nitrogens is 3. The van der Waals surface area contributed by atoms with Gasteiger partial charge >= 0.3 is 0 Å². The number of amides is 1. The van der Waals surface area contributed by atoms with E-state index in [4.69, 9.17) is 10.3 Å². The topological polar surface area (TPSA) is 102 Å². The van der Waals surface area contributed by atoms with Crippen LogP contribution < -0.4 is 16.1 Å². The Morgan fingerprint density at radius 2 is 1.93 bits per heavy atom. The smallest absolute Gasteiger partial charge is 0.234 e. The number of nitrogens with two attached hydrogens (primary N) is 1. The van der Waals surface area contributed by atoms with Crippen LogP contribution in [-0.4, -0.2) is 39.6 Å². The molecule has 1 aliphatic rings. The van der Waals surface area contributed by atoms with Crippen LogP contribution in [0.3, 0.4) is 0 Å². The van der Waals surface area contributed by atoms with Crippen LogP contribution in [-0.2, 0) is 4.79 Å². The van der Waals surface area contributed by atoms with Gasteiger partial charge in [-0.3, -0.25) is 4.79 Å². The number of carbonyl (C=O) groups is 1. The van der Waals surface area contributed by atoms with Crippen molar-refractivity contribution in [2.45, 2.75) is 31.3 Å². The Kier molecular flexibility index (Phi) is 5.75. The average Bonchev–Trinajstić information content (AvgIpc) is 3.32. The minimum Gasteiger partial charge on any atom is -0.469 e. The van der Waals surface area contributed by atoms with E-state index in [0.29, 0.717) is 16.7 Å². The van der Waals surface area contributed by atoms with Crippen LogP contribution in [0.2, 0.25) is 0 Å². The van der Waals surface area contributed by atoms with Crippen molar-refractivity contribution in [3.63, 3.8) is 0 Å². The van der Waals surface area contributed by atoms with Crippen molar-refractivity contribution in [2.24, 2.45) is 0 Å². The van der Waals surface area contributed by atoms with E-state index in [9.17, 15) is 4.79 Å². The number of nitrogens with zero attached hydrogens (tertiary/aromatic N) is 4. The Morgan fingerprint density at radius 3 is 2.62 bits per heavy atom. The third kappa shape index (κ3) is 4.40. The zero-order valence-electron chi connectivity index (χ0n) is 16.3. The number of nitrogens with one attached hydrogen (secondary N) is 1. The first kappa shape index (κ1) is 19.4. The standard InChI is InChI=1S/C20H24N6O2S/c1-14-17(9-12-28-14)19-23-24-20(26(19)21)29-13-18(27)22-15-5-7-16(8-6-15)25-10-3-2-4-11-25/h5-9,12H,2-4,10-11,13,21H2,1H3,(H,22,27). The first-order valence-electron chi connectivity index (χ1n) is 9.64. The van der Waals surface area contributed by atoms with Crippen LogP contribution in [0.25, 0.3) is 11.4 Å². The molecule has 29 heavy (non-hydrogen) atoms. The fraction of sp³-hybridized carbons (Fsp3) is 0.350. The molecule has 0 unspecified atom stereocenters. The lowest BCUT2D eigenvalue weighted by Gasteiger charge is -2.28. The largest absolute Gasteiger partial charge is 0.469 e. The summed E-state index contributed by atoms with van der Waals surface area (Å²) in [6.07, 6.45) is 5.37. The summed E-state index contributed by atoms with van der Waals surface area (Å²) in [5.41, 5.74) is 2.76. The van der Waals surface area contributed by atoms with Gasteiger partial charge in [-0.2, -0.15) is 0 Å². The zero-order chi connectivity index (χ0) is 20.2. The highest BCUT2D eigenvalue weighted by Gasteiger charge is 2.17. The lowest BCUT2D eigenvalue weighted by Crippen LogP contribution is -2.29. The number of nitrogen functional groups attached to an aromatic ring is 1. The van der Waals surface area contributed by atoms with Gasteiger partial charge in [-0.1, -0.05) is 11.8 Å². The molecule has 1 aliphatic heterocycles. The van der Waals surface area contributed by atoms with Crippen LogP contribution in [0.5, 0.6) is 0 Å². The van der Waals surface area contributed by atoms with E-state index in [1.54, 1.807) is 12.3 Å². The third-order valence-electron chi connectivity index (χ3n) is 4.97. The van der Waals surface area contributed by atoms with Gasteiger partial charge in [-0.15, -0.1) is 10.2 Å². The Morgan fingerprint density at radius 1 is 1.17 bits per heavy atom. The maximum Gasteiger partial charge on any atom is 0.234 e. The number of anilines is 2. The third-order valence-corrected chi connectivity index (χ3v) is 5.91. The first-order valence-corrected chi connectivity index (χ1v) is 10.6. The predicted molar refractivity (Wildman–Crippen MR) is 114 cm³/mol. The van der Waals surface area contributed by atoms with Gasteiger partial charge in [0.25, 0.3) is 0 Å². The minimum absolute atomic E-state index is 0.121. The molecule has 0 saturated carbocycles. The van der Waals surface area contributed by atoms with Gasteiger partial charge in [-0.25, -0.2) is 4.68 Å². The predicted octanol–water partition coefficient (Wildman–Crippen LogP) is 3.28. The van der Waals surface area contributed by atoms with E-state index in [2.05, 4.69) is 32.5 Å². The van der Waals surface area contributed by atoms with Crippen molar-refractivity contribution in [1.82, 2.24) is 14.9 Å². The van der Waals surface area contributed by atoms with Crippen molar-refractivity contribution in [3.05, 3.63) is 42.4 Å². The summed E-state index contributed by atoms with van der Waals surface area (Å²) in [4.78, 5) is 14.7. The van der Waals surface area contributed by atoms with E-state index in [-0.39, 0.29) is 11.7 Å². The maximum absolute atomic E-state index is 12.3. The number of hydrogen-bond acceptors (Lipinski definition) is 7. The molecule has 8 nitrogen and oxygen atoms in total. The van der Waals surface area contributed by atoms with E-state index in [1.807, 2.05) is 19.1 Å². The molecular formula is C20H24N6O2S. The number of rotatable bonds is 6. The summed E-state index contributed by atoms with van der Waals surface area (Å²) in [5.74, 6) is 7.37. The first-order chi connectivity index (χ1) is 14.1. The highest BCUT2D eigenvalue weighted by Crippen LogP contribution is 2.25. The SMILES string of the molecule is Cc1occc1-c1nnc(SCC(=O)Nc2ccc(N3CCCCC3)cc2)n1N. The highest BCUT2D eigenvalue weighted by molar-refractivity contribution is 7.99. The number of aryl methyl sites for hydroxylation is 1. The van der Waals surface area contributed by atoms with Crippen LogP contribution in [0, 0.1) is 6.92 Å². The van der Waals surface area contributed by atoms with E-state index >= 15 is 0 Å². The number of benzene rings is 1. The Hall–Kier alpha value is -2.94. The molecule has 0 bridgehead atoms. The van der Waals surface area contributed by atoms with E-state index < -0.39 is 0 Å². The van der Waals surface area contributed by atoms with Crippen LogP contribution in [0.1, 0.15) is 25.0 Å². The molecule has 0 aliphatic carbocycles. The molecule has 3 heterocycles. The molecule has 0 radical (unpaired) electrons. The molecule has 1 saturated heterocycles. The normalized spacial score (nSPS) is 14.2. The molecule has 2 aromatic heterocycles. The zero-order valence-corrected chi connectivity index (χ0v) is 17.1. The van der Waals surface area contributed by atoms with Gasteiger partial charge in [0.1, 0.15) is 5.76 Å². The molecule has 0 atom stereocenters. The summed E-state index contributed by atoms with van der Waals surface area (Å²) < 4.78 is 6.66. The lowest BCUT2D eigenvalue weighted by atomic mass is 10.1. The molecule has 0 spiro atoms. The summed E-state index contributed by atoms with van der Waals surface area (Å²) in [5, 5.41) is 11.6. The average molecular weight is 413 g/mol. The maximum atomic E-state index is 12.3. The molecule has 9 heteroatoms. The van der Waals surface area contributed by atoms with Gasteiger partial charge in [-0.05, 0) is 56.5 Å². The monoisotopic (exact) mass is 412 g/mol. The molecule has 3 N–H and O–H groups in total. The molecule has 152 valence electrons. The van der Waals surface area contributed by atoms with Crippen LogP contribution in [0.15, 0.2) is 46.2 Å². The van der Waals surface area contributed by atoms with E-state index in [0.717, 1.165) is 24.3 Å². The van der Waals surface area contributed by atoms with Crippen molar-refractivity contribution in [1.29, 1.82) is 0 Å². The number of carbonyl (C=O) groups excluding carboxylic acids is 1. The van der Waals surface area contributed by atoms with Crippen molar-refractivity contribution < 1.29 is 9.21 Å². The molecular weight excluding hydrogens is 388 g/mol. The second-order valence-electron chi connectivity index (χ2n) is 7.00. The van der Waals surface area contributed by atoms with Crippen molar-refractivity contribution in [3.8, 4) is 11.4 Å². The Labute approximate surface area is 173 Å². The fourth-order valence-electron chi connectivity index (χ4n) is 3.41. The van der Waals surface area contributed by atoms with E-state index in [1.165, 1.54) is 41.4 Å². The Bertz CT molecular complexity index is 975. The summed E-state index contributed by atoms with van der Waals surface area (Å²) in [6, 6.07) is 9.79. The molecule has 1 fully saturated rings. The Balaban J connectivity index is 1.32. The second-order valence-corrected chi connectivity index (χ2v) is 7.94. The van der Waals surface area contributed by atoms with Gasteiger partial charge in [0.2, 0.25) is 11.1 Å². The number of hydrogen-bond donors (Lipinski definition) is 2. The molecule has 4 rings (SSSR count). The van der Waals surface area contributed by atoms with Gasteiger partial charge < -0.3 is 20.5 Å². The molecule has 1 amide bonds. The van der Waals surface area contributed by atoms with Gasteiger partial charge in [0, 0.05) is 24.5 Å². The summed E-state index contributed by atoms with van der Waals surface area (Å²) >= 11 is 1.24. The minimum atomic E-state index is -0.121. The van der Waals surface area contributed by atoms with Gasteiger partial charge in [0.05, 0.1) is 17.6 Å². The van der Waals surface area contributed by atoms with Gasteiger partial charge in [0.15, 0.2) is 5.82 Å². The fourth-order valence-corrected chi connectivity index (χ4v) is 4.07. The summed E-state index contributed by atoms with van der Waals surface area (Å²) in [6.45, 7) is 4.03. The van der Waals surface area contributed by atoms with Crippen LogP contribution >= 0.6 is 11.8 Å². The second kappa shape index (κ2) is 8.60. The molecule has 1 aromatic carbocycles. The summed E-state index contributed by atoms with van der Waals surface area (Å²) in [7, 11) is 0. The number of piperidine rings is 1. The number of thioether (sulfide) groups is 1.